The molecule has 2 aromatic carbocycles. The molecule has 0 unspecified atom stereocenters. The van der Waals surface area contributed by atoms with Crippen LogP contribution >= 0.6 is 23.2 Å². The second-order valence-corrected chi connectivity index (χ2v) is 6.29. The van der Waals surface area contributed by atoms with Crippen molar-refractivity contribution in [3.63, 3.8) is 0 Å². The molecule has 0 bridgehead atoms. The average molecular weight is 372 g/mol. The van der Waals surface area contributed by atoms with Crippen LogP contribution in [0.5, 0.6) is 5.75 Å². The molecule has 3 rings (SSSR count). The van der Waals surface area contributed by atoms with Crippen LogP contribution in [0.2, 0.25) is 10.0 Å². The van der Waals surface area contributed by atoms with Crippen LogP contribution in [0.15, 0.2) is 60.8 Å². The predicted octanol–water partition coefficient (Wildman–Crippen LogP) is 5.84. The third-order valence-corrected chi connectivity index (χ3v) is 4.28. The number of nitrogens with zero attached hydrogens (tertiary/aromatic N) is 1. The minimum atomic E-state index is -0.481. The first-order valence-electron chi connectivity index (χ1n) is 7.79. The summed E-state index contributed by atoms with van der Waals surface area (Å²) in [4.78, 5) is 16.7. The summed E-state index contributed by atoms with van der Waals surface area (Å²) < 4.78 is 5.32. The lowest BCUT2D eigenvalue weighted by Crippen LogP contribution is -2.08. The summed E-state index contributed by atoms with van der Waals surface area (Å²) in [6, 6.07) is 15.8. The van der Waals surface area contributed by atoms with E-state index in [1.54, 1.807) is 24.3 Å². The molecule has 0 saturated heterocycles. The minimum Gasteiger partial charge on any atom is -0.421 e. The Balaban J connectivity index is 1.75. The van der Waals surface area contributed by atoms with Gasteiger partial charge in [-0.25, -0.2) is 4.79 Å². The Bertz CT molecular complexity index is 891. The lowest BCUT2D eigenvalue weighted by atomic mass is 10.1. The van der Waals surface area contributed by atoms with Gasteiger partial charge < -0.3 is 4.74 Å². The SMILES string of the molecule is CCc1ccc(-c2ccc(C(=O)Oc3ccc(Cl)cc3Cl)cc2)nc1. The molecule has 3 nitrogen and oxygen atoms in total. The molecule has 0 N–H and O–H groups in total. The third kappa shape index (κ3) is 4.19. The van der Waals surface area contributed by atoms with Crippen LogP contribution in [-0.4, -0.2) is 11.0 Å². The molecule has 0 atom stereocenters. The maximum Gasteiger partial charge on any atom is 0.343 e. The molecule has 0 spiro atoms. The van der Waals surface area contributed by atoms with Crippen molar-refractivity contribution in [2.24, 2.45) is 0 Å². The van der Waals surface area contributed by atoms with E-state index < -0.39 is 5.97 Å². The van der Waals surface area contributed by atoms with E-state index in [0.29, 0.717) is 10.6 Å². The predicted molar refractivity (Wildman–Crippen MR) is 100 cm³/mol. The molecule has 126 valence electrons. The molecule has 0 aliphatic heterocycles. The molecule has 0 radical (unpaired) electrons. The quantitative estimate of drug-likeness (QED) is 0.427. The monoisotopic (exact) mass is 371 g/mol. The van der Waals surface area contributed by atoms with E-state index in [-0.39, 0.29) is 10.8 Å². The number of aromatic nitrogens is 1. The first-order valence-corrected chi connectivity index (χ1v) is 8.55. The largest absolute Gasteiger partial charge is 0.421 e. The van der Waals surface area contributed by atoms with Crippen molar-refractivity contribution in [2.45, 2.75) is 13.3 Å². The van der Waals surface area contributed by atoms with E-state index in [0.717, 1.165) is 17.7 Å². The smallest absolute Gasteiger partial charge is 0.343 e. The average Bonchev–Trinajstić information content (AvgIpc) is 2.64. The van der Waals surface area contributed by atoms with Crippen LogP contribution < -0.4 is 4.74 Å². The van der Waals surface area contributed by atoms with Crippen molar-refractivity contribution in [3.8, 4) is 17.0 Å². The van der Waals surface area contributed by atoms with Crippen LogP contribution in [0.3, 0.4) is 0 Å². The van der Waals surface area contributed by atoms with E-state index >= 15 is 0 Å². The molecule has 3 aromatic rings. The molecule has 0 aliphatic carbocycles. The molecule has 0 aliphatic rings. The number of carbonyl (C=O) groups is 1. The Morgan fingerprint density at radius 1 is 1.04 bits per heavy atom. The fourth-order valence-electron chi connectivity index (χ4n) is 2.30. The number of aryl methyl sites for hydroxylation is 1. The Kier molecular flexibility index (Phi) is 5.37. The highest BCUT2D eigenvalue weighted by molar-refractivity contribution is 6.35. The second kappa shape index (κ2) is 7.68. The maximum atomic E-state index is 12.3. The topological polar surface area (TPSA) is 39.2 Å². The van der Waals surface area contributed by atoms with E-state index in [1.807, 2.05) is 30.5 Å². The number of rotatable bonds is 4. The summed E-state index contributed by atoms with van der Waals surface area (Å²) in [5.74, 6) is -0.206. The van der Waals surface area contributed by atoms with Gasteiger partial charge >= 0.3 is 5.97 Å². The van der Waals surface area contributed by atoms with Crippen molar-refractivity contribution in [2.75, 3.05) is 0 Å². The molecule has 1 heterocycles. The standard InChI is InChI=1S/C20H15Cl2NO2/c1-2-13-3-9-18(23-12-13)14-4-6-15(7-5-14)20(24)25-19-10-8-16(21)11-17(19)22/h3-12H,2H2,1H3. The zero-order valence-corrected chi connectivity index (χ0v) is 15.0. The van der Waals surface area contributed by atoms with Gasteiger partial charge in [0.25, 0.3) is 0 Å². The van der Waals surface area contributed by atoms with Gasteiger partial charge in [0.05, 0.1) is 16.3 Å². The summed E-state index contributed by atoms with van der Waals surface area (Å²) in [6.45, 7) is 2.09. The van der Waals surface area contributed by atoms with Gasteiger partial charge in [-0.15, -0.1) is 0 Å². The molecular formula is C20H15Cl2NO2. The summed E-state index contributed by atoms with van der Waals surface area (Å²) in [6.07, 6.45) is 2.81. The number of carbonyl (C=O) groups excluding carboxylic acids is 1. The highest BCUT2D eigenvalue weighted by Crippen LogP contribution is 2.28. The highest BCUT2D eigenvalue weighted by Gasteiger charge is 2.12. The van der Waals surface area contributed by atoms with Crippen molar-refractivity contribution in [1.82, 2.24) is 4.98 Å². The summed E-state index contributed by atoms with van der Waals surface area (Å²) in [7, 11) is 0. The molecule has 1 aromatic heterocycles. The fraction of sp³-hybridized carbons (Fsp3) is 0.100. The van der Waals surface area contributed by atoms with Gasteiger partial charge in [0.2, 0.25) is 0 Å². The van der Waals surface area contributed by atoms with Gasteiger partial charge in [-0.05, 0) is 48.4 Å². The van der Waals surface area contributed by atoms with Gasteiger partial charge in [-0.2, -0.15) is 0 Å². The molecule has 5 heteroatoms. The number of hydrogen-bond donors (Lipinski definition) is 0. The summed E-state index contributed by atoms with van der Waals surface area (Å²) in [5, 5.41) is 0.772. The Hall–Kier alpha value is -2.36. The van der Waals surface area contributed by atoms with Crippen LogP contribution in [0.25, 0.3) is 11.3 Å². The number of halogens is 2. The van der Waals surface area contributed by atoms with Gasteiger partial charge in [0.1, 0.15) is 5.75 Å². The summed E-state index contributed by atoms with van der Waals surface area (Å²) >= 11 is 11.9. The molecule has 25 heavy (non-hydrogen) atoms. The molecule has 0 saturated carbocycles. The highest BCUT2D eigenvalue weighted by atomic mass is 35.5. The lowest BCUT2D eigenvalue weighted by Gasteiger charge is -2.07. The second-order valence-electron chi connectivity index (χ2n) is 5.45. The van der Waals surface area contributed by atoms with Crippen molar-refractivity contribution >= 4 is 29.2 Å². The summed E-state index contributed by atoms with van der Waals surface area (Å²) in [5.41, 5.74) is 3.41. The van der Waals surface area contributed by atoms with Gasteiger partial charge in [0, 0.05) is 16.8 Å². The zero-order chi connectivity index (χ0) is 17.8. The van der Waals surface area contributed by atoms with Crippen LogP contribution in [-0.2, 0) is 6.42 Å². The van der Waals surface area contributed by atoms with E-state index in [9.17, 15) is 4.79 Å². The fourth-order valence-corrected chi connectivity index (χ4v) is 2.75. The zero-order valence-electron chi connectivity index (χ0n) is 13.5. The van der Waals surface area contributed by atoms with Gasteiger partial charge in [-0.3, -0.25) is 4.98 Å². The molecule has 0 fully saturated rings. The Morgan fingerprint density at radius 3 is 2.40 bits per heavy atom. The molecule has 0 amide bonds. The minimum absolute atomic E-state index is 0.275. The van der Waals surface area contributed by atoms with Crippen molar-refractivity contribution < 1.29 is 9.53 Å². The van der Waals surface area contributed by atoms with Crippen LogP contribution in [0.1, 0.15) is 22.8 Å². The number of ether oxygens (including phenoxy) is 1. The van der Waals surface area contributed by atoms with Crippen LogP contribution in [0.4, 0.5) is 0 Å². The Morgan fingerprint density at radius 2 is 1.80 bits per heavy atom. The van der Waals surface area contributed by atoms with Crippen molar-refractivity contribution in [3.05, 3.63) is 82.0 Å². The van der Waals surface area contributed by atoms with Gasteiger partial charge in [0.15, 0.2) is 0 Å². The van der Waals surface area contributed by atoms with E-state index in [1.165, 1.54) is 11.6 Å². The van der Waals surface area contributed by atoms with Gasteiger partial charge in [-0.1, -0.05) is 48.3 Å². The number of pyridine rings is 1. The Labute approximate surface area is 156 Å². The van der Waals surface area contributed by atoms with Crippen molar-refractivity contribution in [1.29, 1.82) is 0 Å². The lowest BCUT2D eigenvalue weighted by molar-refractivity contribution is 0.0735. The first kappa shape index (κ1) is 17.5. The normalized spacial score (nSPS) is 10.5. The number of esters is 1. The maximum absolute atomic E-state index is 12.3. The van der Waals surface area contributed by atoms with E-state index in [4.69, 9.17) is 27.9 Å². The van der Waals surface area contributed by atoms with Crippen LogP contribution in [0, 0.1) is 0 Å². The molecular weight excluding hydrogens is 357 g/mol. The third-order valence-electron chi connectivity index (χ3n) is 3.75. The first-order chi connectivity index (χ1) is 12.1. The number of hydrogen-bond acceptors (Lipinski definition) is 3. The number of benzene rings is 2. The van der Waals surface area contributed by atoms with E-state index in [2.05, 4.69) is 11.9 Å².